The summed E-state index contributed by atoms with van der Waals surface area (Å²) in [6, 6.07) is 1.73. The summed E-state index contributed by atoms with van der Waals surface area (Å²) in [5.74, 6) is -0.732. The SMILES string of the molecule is COC(=O)c1cnc(NC(=O)Cn2cccn2)s1. The molecule has 2 heterocycles. The highest BCUT2D eigenvalue weighted by Crippen LogP contribution is 2.18. The highest BCUT2D eigenvalue weighted by Gasteiger charge is 2.12. The Morgan fingerprint density at radius 1 is 1.56 bits per heavy atom. The van der Waals surface area contributed by atoms with Gasteiger partial charge in [-0.25, -0.2) is 9.78 Å². The molecule has 0 bridgehead atoms. The Kier molecular flexibility index (Phi) is 3.68. The third-order valence-corrected chi connectivity index (χ3v) is 2.90. The van der Waals surface area contributed by atoms with Crippen LogP contribution in [0.5, 0.6) is 0 Å². The van der Waals surface area contributed by atoms with Crippen LogP contribution in [-0.2, 0) is 16.1 Å². The number of carbonyl (C=O) groups is 2. The number of hydrogen-bond donors (Lipinski definition) is 1. The van der Waals surface area contributed by atoms with Crippen molar-refractivity contribution in [1.29, 1.82) is 0 Å². The predicted molar refractivity (Wildman–Crippen MR) is 64.3 cm³/mol. The zero-order chi connectivity index (χ0) is 13.0. The number of nitrogens with zero attached hydrogens (tertiary/aromatic N) is 3. The first-order valence-electron chi connectivity index (χ1n) is 5.00. The first kappa shape index (κ1) is 12.2. The number of anilines is 1. The van der Waals surface area contributed by atoms with Crippen LogP contribution in [0.15, 0.2) is 24.7 Å². The van der Waals surface area contributed by atoms with Crippen molar-refractivity contribution in [1.82, 2.24) is 14.8 Å². The van der Waals surface area contributed by atoms with Crippen molar-refractivity contribution in [3.8, 4) is 0 Å². The number of amides is 1. The second-order valence-electron chi connectivity index (χ2n) is 3.27. The van der Waals surface area contributed by atoms with Gasteiger partial charge in [0.05, 0.1) is 13.3 Å². The predicted octanol–water partition coefficient (Wildman–Crippen LogP) is 0.765. The molecule has 0 aliphatic rings. The summed E-state index contributed by atoms with van der Waals surface area (Å²) < 4.78 is 6.03. The van der Waals surface area contributed by atoms with Gasteiger partial charge in [-0.2, -0.15) is 5.10 Å². The molecule has 0 saturated heterocycles. The lowest BCUT2D eigenvalue weighted by atomic mass is 10.6. The van der Waals surface area contributed by atoms with Crippen LogP contribution in [0.4, 0.5) is 5.13 Å². The van der Waals surface area contributed by atoms with Crippen LogP contribution in [0.2, 0.25) is 0 Å². The van der Waals surface area contributed by atoms with Crippen LogP contribution in [0.3, 0.4) is 0 Å². The number of methoxy groups -OCH3 is 1. The molecule has 1 amide bonds. The zero-order valence-electron chi connectivity index (χ0n) is 9.49. The molecule has 8 heteroatoms. The molecule has 94 valence electrons. The Labute approximate surface area is 106 Å². The lowest BCUT2D eigenvalue weighted by molar-refractivity contribution is -0.116. The number of carbonyl (C=O) groups excluding carboxylic acids is 2. The van der Waals surface area contributed by atoms with Gasteiger partial charge in [-0.15, -0.1) is 0 Å². The number of hydrogen-bond acceptors (Lipinski definition) is 6. The summed E-state index contributed by atoms with van der Waals surface area (Å²) in [5, 5.41) is 6.84. The molecule has 18 heavy (non-hydrogen) atoms. The number of rotatable bonds is 4. The lowest BCUT2D eigenvalue weighted by Gasteiger charge is -2.01. The summed E-state index contributed by atoms with van der Waals surface area (Å²) in [6.45, 7) is 0.0974. The summed E-state index contributed by atoms with van der Waals surface area (Å²) in [7, 11) is 1.29. The summed E-state index contributed by atoms with van der Waals surface area (Å²) >= 11 is 1.06. The van der Waals surface area contributed by atoms with Crippen LogP contribution in [0, 0.1) is 0 Å². The van der Waals surface area contributed by atoms with Crippen LogP contribution in [-0.4, -0.2) is 33.8 Å². The van der Waals surface area contributed by atoms with Crippen molar-refractivity contribution < 1.29 is 14.3 Å². The first-order chi connectivity index (χ1) is 8.69. The van der Waals surface area contributed by atoms with Crippen molar-refractivity contribution in [2.24, 2.45) is 0 Å². The van der Waals surface area contributed by atoms with Crippen LogP contribution < -0.4 is 5.32 Å². The molecule has 7 nitrogen and oxygen atoms in total. The average Bonchev–Trinajstić information content (AvgIpc) is 2.99. The quantitative estimate of drug-likeness (QED) is 0.826. The third kappa shape index (κ3) is 2.92. The molecule has 0 aromatic carbocycles. The van der Waals surface area contributed by atoms with Gasteiger partial charge in [0.25, 0.3) is 0 Å². The molecule has 0 unspecified atom stereocenters. The number of nitrogens with one attached hydrogen (secondary N) is 1. The fraction of sp³-hybridized carbons (Fsp3) is 0.200. The zero-order valence-corrected chi connectivity index (χ0v) is 10.3. The molecule has 0 saturated carbocycles. The van der Waals surface area contributed by atoms with Gasteiger partial charge in [0.15, 0.2) is 5.13 Å². The third-order valence-electron chi connectivity index (χ3n) is 2.00. The molecule has 2 rings (SSSR count). The molecule has 0 aliphatic heterocycles. The van der Waals surface area contributed by atoms with Crippen LogP contribution in [0.1, 0.15) is 9.67 Å². The maximum absolute atomic E-state index is 11.6. The summed E-state index contributed by atoms with van der Waals surface area (Å²) in [4.78, 5) is 27.0. The maximum atomic E-state index is 11.6. The monoisotopic (exact) mass is 266 g/mol. The molecular formula is C10H10N4O3S. The Hall–Kier alpha value is -2.22. The van der Waals surface area contributed by atoms with Crippen LogP contribution in [0.25, 0.3) is 0 Å². The lowest BCUT2D eigenvalue weighted by Crippen LogP contribution is -2.18. The van der Waals surface area contributed by atoms with E-state index in [0.29, 0.717) is 10.0 Å². The molecule has 0 fully saturated rings. The minimum Gasteiger partial charge on any atom is -0.465 e. The van der Waals surface area contributed by atoms with E-state index in [1.807, 2.05) is 0 Å². The second kappa shape index (κ2) is 5.41. The van der Waals surface area contributed by atoms with Gasteiger partial charge < -0.3 is 10.1 Å². The van der Waals surface area contributed by atoms with Gasteiger partial charge in [-0.3, -0.25) is 9.48 Å². The van der Waals surface area contributed by atoms with E-state index in [1.54, 1.807) is 18.5 Å². The highest BCUT2D eigenvalue weighted by molar-refractivity contribution is 7.17. The van der Waals surface area contributed by atoms with E-state index in [4.69, 9.17) is 0 Å². The number of aromatic nitrogens is 3. The fourth-order valence-electron chi connectivity index (χ4n) is 1.23. The van der Waals surface area contributed by atoms with Crippen LogP contribution >= 0.6 is 11.3 Å². The molecule has 0 aliphatic carbocycles. The van der Waals surface area contributed by atoms with E-state index in [-0.39, 0.29) is 12.5 Å². The Morgan fingerprint density at radius 2 is 2.39 bits per heavy atom. The average molecular weight is 266 g/mol. The van der Waals surface area contributed by atoms with Gasteiger partial charge in [0.1, 0.15) is 11.4 Å². The number of thiazole rings is 1. The van der Waals surface area contributed by atoms with E-state index in [9.17, 15) is 9.59 Å². The van der Waals surface area contributed by atoms with E-state index in [1.165, 1.54) is 18.0 Å². The molecule has 2 aromatic heterocycles. The van der Waals surface area contributed by atoms with Crippen molar-refractivity contribution in [2.75, 3.05) is 12.4 Å². The van der Waals surface area contributed by atoms with Gasteiger partial charge in [-0.05, 0) is 6.07 Å². The van der Waals surface area contributed by atoms with Crippen molar-refractivity contribution >= 4 is 28.3 Å². The minimum atomic E-state index is -0.472. The van der Waals surface area contributed by atoms with E-state index in [2.05, 4.69) is 20.1 Å². The molecule has 2 aromatic rings. The molecule has 0 atom stereocenters. The Morgan fingerprint density at radius 3 is 3.06 bits per heavy atom. The first-order valence-corrected chi connectivity index (χ1v) is 5.82. The topological polar surface area (TPSA) is 86.1 Å². The minimum absolute atomic E-state index is 0.0974. The fourth-order valence-corrected chi connectivity index (χ4v) is 1.98. The van der Waals surface area contributed by atoms with E-state index >= 15 is 0 Å². The maximum Gasteiger partial charge on any atom is 0.349 e. The van der Waals surface area contributed by atoms with Gasteiger partial charge >= 0.3 is 5.97 Å². The molecular weight excluding hydrogens is 256 g/mol. The highest BCUT2D eigenvalue weighted by atomic mass is 32.1. The second-order valence-corrected chi connectivity index (χ2v) is 4.30. The van der Waals surface area contributed by atoms with E-state index in [0.717, 1.165) is 11.3 Å². The van der Waals surface area contributed by atoms with Crippen molar-refractivity contribution in [2.45, 2.75) is 6.54 Å². The number of ether oxygens (including phenoxy) is 1. The molecule has 0 radical (unpaired) electrons. The van der Waals surface area contributed by atoms with Crippen molar-refractivity contribution in [3.63, 3.8) is 0 Å². The molecule has 0 spiro atoms. The largest absolute Gasteiger partial charge is 0.465 e. The Balaban J connectivity index is 1.95. The standard InChI is InChI=1S/C10H10N4O3S/c1-17-9(16)7-5-11-10(18-7)13-8(15)6-14-4-2-3-12-14/h2-5H,6H2,1H3,(H,11,13,15). The summed E-state index contributed by atoms with van der Waals surface area (Å²) in [5.41, 5.74) is 0. The normalized spacial score (nSPS) is 10.1. The number of esters is 1. The van der Waals surface area contributed by atoms with Crippen molar-refractivity contribution in [3.05, 3.63) is 29.5 Å². The summed E-state index contributed by atoms with van der Waals surface area (Å²) in [6.07, 6.45) is 4.63. The van der Waals surface area contributed by atoms with Gasteiger partial charge in [0, 0.05) is 12.4 Å². The van der Waals surface area contributed by atoms with Gasteiger partial charge in [0.2, 0.25) is 5.91 Å². The van der Waals surface area contributed by atoms with E-state index < -0.39 is 5.97 Å². The Bertz CT molecular complexity index is 549. The van der Waals surface area contributed by atoms with Gasteiger partial charge in [-0.1, -0.05) is 11.3 Å². The molecule has 1 N–H and O–H groups in total. The smallest absolute Gasteiger partial charge is 0.349 e.